The van der Waals surface area contributed by atoms with E-state index in [9.17, 15) is 9.59 Å². The number of rotatable bonds is 8. The number of anilines is 1. The summed E-state index contributed by atoms with van der Waals surface area (Å²) in [6.45, 7) is 5.64. The van der Waals surface area contributed by atoms with E-state index >= 15 is 0 Å². The molecule has 2 rings (SSSR count). The highest BCUT2D eigenvalue weighted by Gasteiger charge is 2.12. The van der Waals surface area contributed by atoms with Gasteiger partial charge in [0, 0.05) is 30.9 Å². The molecular formula is C22H25BrClN3O4. The maximum atomic E-state index is 12.0. The second-order valence-electron chi connectivity index (χ2n) is 6.02. The van der Waals surface area contributed by atoms with Crippen molar-refractivity contribution in [2.24, 2.45) is 0 Å². The molecule has 0 aliphatic carbocycles. The first kappa shape index (κ1) is 26.1. The van der Waals surface area contributed by atoms with Gasteiger partial charge in [0.05, 0.1) is 29.3 Å². The van der Waals surface area contributed by atoms with Gasteiger partial charge in [-0.3, -0.25) is 9.59 Å². The number of amides is 2. The van der Waals surface area contributed by atoms with Crippen LogP contribution in [-0.4, -0.2) is 33.6 Å². The van der Waals surface area contributed by atoms with Gasteiger partial charge in [-0.05, 0) is 40.6 Å². The third-order valence-corrected chi connectivity index (χ3v) is 5.18. The number of benzene rings is 2. The monoisotopic (exact) mass is 509 g/mol. The van der Waals surface area contributed by atoms with E-state index in [0.717, 1.165) is 5.57 Å². The minimum Gasteiger partial charge on any atom is -0.497 e. The van der Waals surface area contributed by atoms with Gasteiger partial charge in [-0.2, -0.15) is 0 Å². The number of carbonyl (C=O) groups excluding carboxylic acids is 2. The zero-order valence-corrected chi connectivity index (χ0v) is 20.1. The summed E-state index contributed by atoms with van der Waals surface area (Å²) in [6, 6.07) is 12.0. The van der Waals surface area contributed by atoms with Gasteiger partial charge >= 0.3 is 0 Å². The molecule has 0 spiro atoms. The second-order valence-corrected chi connectivity index (χ2v) is 7.22. The Morgan fingerprint density at radius 2 is 1.71 bits per heavy atom. The molecule has 3 N–H and O–H groups in total. The van der Waals surface area contributed by atoms with E-state index in [-0.39, 0.29) is 5.91 Å². The molecular weight excluding hydrogens is 486 g/mol. The topological polar surface area (TPSA) is 88.7 Å². The Kier molecular flexibility index (Phi) is 11.2. The molecule has 0 saturated heterocycles. The molecule has 2 aromatic carbocycles. The van der Waals surface area contributed by atoms with E-state index in [2.05, 4.69) is 38.5 Å². The van der Waals surface area contributed by atoms with Crippen molar-refractivity contribution in [3.8, 4) is 11.5 Å². The third-order valence-electron chi connectivity index (χ3n) is 3.78. The van der Waals surface area contributed by atoms with Crippen molar-refractivity contribution < 1.29 is 19.1 Å². The van der Waals surface area contributed by atoms with E-state index in [1.165, 1.54) is 0 Å². The largest absolute Gasteiger partial charge is 0.497 e. The minimum absolute atomic E-state index is 0.275. The molecule has 0 aliphatic heterocycles. The molecule has 7 nitrogen and oxygen atoms in total. The summed E-state index contributed by atoms with van der Waals surface area (Å²) in [7, 11) is 4.82. The van der Waals surface area contributed by atoms with E-state index in [4.69, 9.17) is 21.1 Å². The van der Waals surface area contributed by atoms with Crippen LogP contribution in [0.15, 0.2) is 64.9 Å². The van der Waals surface area contributed by atoms with Crippen molar-refractivity contribution in [3.63, 3.8) is 0 Å². The molecule has 0 bridgehead atoms. The van der Waals surface area contributed by atoms with Gasteiger partial charge in [0.2, 0.25) is 6.41 Å². The second kappa shape index (κ2) is 13.4. The molecule has 0 aromatic heterocycles. The van der Waals surface area contributed by atoms with Crippen LogP contribution >= 0.6 is 27.5 Å². The van der Waals surface area contributed by atoms with Crippen LogP contribution in [0.2, 0.25) is 5.02 Å². The summed E-state index contributed by atoms with van der Waals surface area (Å²) < 4.78 is 10.7. The normalized spacial score (nSPS) is 10.5. The van der Waals surface area contributed by atoms with Crippen molar-refractivity contribution in [1.29, 1.82) is 0 Å². The van der Waals surface area contributed by atoms with Crippen LogP contribution in [-0.2, 0) is 4.79 Å². The van der Waals surface area contributed by atoms with Gasteiger partial charge < -0.3 is 25.4 Å². The average molecular weight is 511 g/mol. The predicted octanol–water partition coefficient (Wildman–Crippen LogP) is 4.70. The average Bonchev–Trinajstić information content (AvgIpc) is 2.77. The Labute approximate surface area is 195 Å². The summed E-state index contributed by atoms with van der Waals surface area (Å²) in [5.74, 6) is 1.56. The first-order valence-electron chi connectivity index (χ1n) is 8.99. The lowest BCUT2D eigenvalue weighted by Crippen LogP contribution is -2.30. The molecule has 0 fully saturated rings. The van der Waals surface area contributed by atoms with Crippen molar-refractivity contribution in [1.82, 2.24) is 10.6 Å². The van der Waals surface area contributed by atoms with E-state index < -0.39 is 0 Å². The molecule has 0 radical (unpaired) electrons. The summed E-state index contributed by atoms with van der Waals surface area (Å²) in [5.41, 5.74) is 1.87. The summed E-state index contributed by atoms with van der Waals surface area (Å²) >= 11 is 9.32. The van der Waals surface area contributed by atoms with Gasteiger partial charge in [0.25, 0.3) is 5.91 Å². The van der Waals surface area contributed by atoms with Crippen LogP contribution in [0.25, 0.3) is 0 Å². The van der Waals surface area contributed by atoms with Gasteiger partial charge in [-0.1, -0.05) is 30.3 Å². The molecule has 0 aliphatic rings. The maximum Gasteiger partial charge on any atom is 0.258 e. The highest BCUT2D eigenvalue weighted by Crippen LogP contribution is 2.25. The molecule has 0 unspecified atom stereocenters. The number of halogens is 2. The Bertz CT molecular complexity index is 941. The number of hydrogen-bond donors (Lipinski definition) is 3. The lowest BCUT2D eigenvalue weighted by Gasteiger charge is -2.13. The molecule has 0 saturated carbocycles. The molecule has 31 heavy (non-hydrogen) atoms. The van der Waals surface area contributed by atoms with E-state index in [1.807, 2.05) is 6.92 Å². The number of nitrogens with one attached hydrogen (secondary N) is 3. The fraction of sp³-hybridized carbons (Fsp3) is 0.182. The smallest absolute Gasteiger partial charge is 0.258 e. The van der Waals surface area contributed by atoms with Crippen molar-refractivity contribution in [3.05, 3.63) is 75.5 Å². The highest BCUT2D eigenvalue weighted by atomic mass is 79.9. The van der Waals surface area contributed by atoms with Crippen molar-refractivity contribution >= 4 is 45.5 Å². The van der Waals surface area contributed by atoms with Crippen LogP contribution in [0.4, 0.5) is 5.69 Å². The third kappa shape index (κ3) is 8.35. The summed E-state index contributed by atoms with van der Waals surface area (Å²) in [4.78, 5) is 22.2. The van der Waals surface area contributed by atoms with Crippen molar-refractivity contribution in [2.75, 3.05) is 26.6 Å². The Morgan fingerprint density at radius 1 is 1.13 bits per heavy atom. The Balaban J connectivity index is 0.000000327. The number of carbonyl (C=O) groups is 2. The summed E-state index contributed by atoms with van der Waals surface area (Å²) in [6.07, 6.45) is 0.605. The molecule has 2 aromatic rings. The number of ether oxygens (including phenoxy) is 2. The zero-order chi connectivity index (χ0) is 23.4. The molecule has 0 atom stereocenters. The van der Waals surface area contributed by atoms with Gasteiger partial charge in [0.1, 0.15) is 17.3 Å². The highest BCUT2D eigenvalue weighted by molar-refractivity contribution is 9.12. The van der Waals surface area contributed by atoms with E-state index in [1.54, 1.807) is 63.7 Å². The molecule has 166 valence electrons. The fourth-order valence-electron chi connectivity index (χ4n) is 2.23. The van der Waals surface area contributed by atoms with Crippen LogP contribution in [0.5, 0.6) is 11.5 Å². The Morgan fingerprint density at radius 3 is 2.16 bits per heavy atom. The van der Waals surface area contributed by atoms with Crippen LogP contribution in [0.1, 0.15) is 17.3 Å². The standard InChI is InChI=1S/C13H14BrClN2O.C9H11NO3/c1-8(2)11(14)12(16-3)17-13(18)9-6-4-5-7-10(9)15;1-12-8-3-7(10-6-11)4-9(5-8)13-2/h4-7,16H,1H2,2-3H3,(H,17,18);3-6H,1-2H3,(H,10,11)/b12-11-;. The fourth-order valence-corrected chi connectivity index (χ4v) is 2.74. The number of allylic oxidation sites excluding steroid dienone is 2. The maximum absolute atomic E-state index is 12.0. The lowest BCUT2D eigenvalue weighted by atomic mass is 10.2. The Hall–Kier alpha value is -2.97. The van der Waals surface area contributed by atoms with Crippen molar-refractivity contribution in [2.45, 2.75) is 6.92 Å². The first-order chi connectivity index (χ1) is 14.8. The van der Waals surface area contributed by atoms with Gasteiger partial charge in [-0.15, -0.1) is 0 Å². The first-order valence-corrected chi connectivity index (χ1v) is 10.2. The van der Waals surface area contributed by atoms with Crippen LogP contribution in [0, 0.1) is 0 Å². The predicted molar refractivity (Wildman–Crippen MR) is 128 cm³/mol. The number of hydrogen-bond acceptors (Lipinski definition) is 5. The van der Waals surface area contributed by atoms with E-state index in [0.29, 0.717) is 44.5 Å². The molecule has 2 amide bonds. The van der Waals surface area contributed by atoms with Gasteiger partial charge in [0.15, 0.2) is 0 Å². The zero-order valence-electron chi connectivity index (χ0n) is 17.7. The molecule has 0 heterocycles. The molecule has 9 heteroatoms. The quantitative estimate of drug-likeness (QED) is 0.354. The van der Waals surface area contributed by atoms with Crippen LogP contribution < -0.4 is 25.4 Å². The summed E-state index contributed by atoms with van der Waals surface area (Å²) in [5, 5.41) is 8.57. The SMILES string of the molecule is C=C(C)/C(Br)=C(\NC)NC(=O)c1ccccc1Cl.COc1cc(NC=O)cc(OC)c1. The van der Waals surface area contributed by atoms with Crippen LogP contribution in [0.3, 0.4) is 0 Å². The number of methoxy groups -OCH3 is 2. The van der Waals surface area contributed by atoms with Gasteiger partial charge in [-0.25, -0.2) is 0 Å². The lowest BCUT2D eigenvalue weighted by molar-refractivity contribution is -0.105. The minimum atomic E-state index is -0.275.